The molecule has 4 saturated carbocycles. The predicted molar refractivity (Wildman–Crippen MR) is 112 cm³/mol. The van der Waals surface area contributed by atoms with Crippen molar-refractivity contribution >= 4 is 28.4 Å². The quantitative estimate of drug-likeness (QED) is 0.541. The maximum atomic E-state index is 10.9. The summed E-state index contributed by atoms with van der Waals surface area (Å²) in [6.07, 6.45) is 7.08. The Morgan fingerprint density at radius 3 is 2.69 bits per heavy atom. The minimum atomic E-state index is -0.424. The lowest BCUT2D eigenvalue weighted by Gasteiger charge is -2.58. The molecule has 4 N–H and O–H groups in total. The zero-order chi connectivity index (χ0) is 19.6. The molecule has 2 unspecified atom stereocenters. The lowest BCUT2D eigenvalue weighted by Crippen LogP contribution is -2.59. The summed E-state index contributed by atoms with van der Waals surface area (Å²) in [5.74, 6) is 4.07. The van der Waals surface area contributed by atoms with Crippen molar-refractivity contribution in [3.8, 4) is 0 Å². The van der Waals surface area contributed by atoms with Crippen LogP contribution in [0.4, 0.5) is 17.5 Å². The molecule has 3 aromatic rings. The number of H-pyrrole nitrogens is 1. The number of nitrogens with zero attached hydrogens (tertiary/aromatic N) is 3. The average Bonchev–Trinajstić information content (AvgIpc) is 3.08. The Labute approximate surface area is 169 Å². The van der Waals surface area contributed by atoms with E-state index in [1.807, 2.05) is 31.3 Å². The van der Waals surface area contributed by atoms with Crippen LogP contribution in [0.2, 0.25) is 0 Å². The van der Waals surface area contributed by atoms with Crippen LogP contribution < -0.4 is 10.6 Å². The van der Waals surface area contributed by atoms with Crippen LogP contribution in [-0.4, -0.2) is 36.9 Å². The summed E-state index contributed by atoms with van der Waals surface area (Å²) in [4.78, 5) is 9.45. The Balaban J connectivity index is 1.35. The normalized spacial score (nSPS) is 32.6. The van der Waals surface area contributed by atoms with E-state index < -0.39 is 5.60 Å². The molecule has 0 amide bonds. The van der Waals surface area contributed by atoms with Crippen molar-refractivity contribution < 1.29 is 5.11 Å². The number of aromatic nitrogens is 4. The molecule has 4 aliphatic carbocycles. The van der Waals surface area contributed by atoms with E-state index in [2.05, 4.69) is 31.9 Å². The highest BCUT2D eigenvalue weighted by atomic mass is 16.3. The summed E-state index contributed by atoms with van der Waals surface area (Å²) in [5, 5.41) is 26.2. The Hall–Kier alpha value is -2.67. The van der Waals surface area contributed by atoms with Gasteiger partial charge in [-0.3, -0.25) is 10.1 Å². The second-order valence-corrected chi connectivity index (χ2v) is 9.35. The van der Waals surface area contributed by atoms with Gasteiger partial charge in [0.25, 0.3) is 0 Å². The number of rotatable bonds is 4. The number of pyridine rings is 2. The summed E-state index contributed by atoms with van der Waals surface area (Å²) in [6, 6.07) is 8.31. The Morgan fingerprint density at radius 2 is 1.97 bits per heavy atom. The molecule has 0 aliphatic heterocycles. The van der Waals surface area contributed by atoms with Crippen LogP contribution in [0.3, 0.4) is 0 Å². The number of aryl methyl sites for hydroxylation is 1. The van der Waals surface area contributed by atoms with Crippen molar-refractivity contribution in [3.05, 3.63) is 36.2 Å². The van der Waals surface area contributed by atoms with Crippen molar-refractivity contribution in [2.24, 2.45) is 17.8 Å². The maximum absolute atomic E-state index is 10.9. The van der Waals surface area contributed by atoms with Gasteiger partial charge < -0.3 is 15.7 Å². The van der Waals surface area contributed by atoms with Gasteiger partial charge in [0.2, 0.25) is 0 Å². The first-order valence-electron chi connectivity index (χ1n) is 10.6. The van der Waals surface area contributed by atoms with Gasteiger partial charge in [-0.2, -0.15) is 5.10 Å². The molecule has 4 aliphatic rings. The number of nitrogens with one attached hydrogen (secondary N) is 3. The lowest BCUT2D eigenvalue weighted by atomic mass is 9.52. The van der Waals surface area contributed by atoms with E-state index in [4.69, 9.17) is 4.98 Å². The molecule has 4 bridgehead atoms. The third-order valence-corrected chi connectivity index (χ3v) is 7.11. The molecule has 7 heteroatoms. The SMILES string of the molecule is Cc1cc(Nc2cc3ncccc3c(NC3C4CC5CC3CC(O)(C5)C4)n2)n[nH]1. The van der Waals surface area contributed by atoms with Gasteiger partial charge in [0.1, 0.15) is 11.6 Å². The van der Waals surface area contributed by atoms with Crippen LogP contribution in [0.25, 0.3) is 10.9 Å². The summed E-state index contributed by atoms with van der Waals surface area (Å²) in [7, 11) is 0. The van der Waals surface area contributed by atoms with Gasteiger partial charge in [-0.1, -0.05) is 0 Å². The van der Waals surface area contributed by atoms with Crippen LogP contribution >= 0.6 is 0 Å². The highest BCUT2D eigenvalue weighted by Crippen LogP contribution is 2.56. The summed E-state index contributed by atoms with van der Waals surface area (Å²) in [6.45, 7) is 1.97. The first-order valence-corrected chi connectivity index (χ1v) is 10.6. The minimum absolute atomic E-state index is 0.366. The minimum Gasteiger partial charge on any atom is -0.390 e. The number of anilines is 3. The van der Waals surface area contributed by atoms with Gasteiger partial charge in [0.15, 0.2) is 5.82 Å². The van der Waals surface area contributed by atoms with E-state index in [0.29, 0.717) is 23.8 Å². The molecule has 4 fully saturated rings. The van der Waals surface area contributed by atoms with Gasteiger partial charge in [0, 0.05) is 35.5 Å². The third kappa shape index (κ3) is 2.95. The van der Waals surface area contributed by atoms with Crippen molar-refractivity contribution in [1.82, 2.24) is 20.2 Å². The molecule has 2 atom stereocenters. The topological polar surface area (TPSA) is 98.8 Å². The first-order chi connectivity index (χ1) is 14.0. The number of fused-ring (bicyclic) bond motifs is 1. The van der Waals surface area contributed by atoms with Gasteiger partial charge in [-0.15, -0.1) is 0 Å². The van der Waals surface area contributed by atoms with E-state index in [0.717, 1.165) is 53.3 Å². The number of hydrogen-bond acceptors (Lipinski definition) is 6. The van der Waals surface area contributed by atoms with Crippen LogP contribution in [0.5, 0.6) is 0 Å². The van der Waals surface area contributed by atoms with Crippen molar-refractivity contribution in [2.45, 2.75) is 50.7 Å². The summed E-state index contributed by atoms with van der Waals surface area (Å²) >= 11 is 0. The lowest BCUT2D eigenvalue weighted by molar-refractivity contribution is -0.129. The van der Waals surface area contributed by atoms with Crippen LogP contribution in [-0.2, 0) is 0 Å². The van der Waals surface area contributed by atoms with Crippen LogP contribution in [0, 0.1) is 24.7 Å². The Kier molecular flexibility index (Phi) is 3.66. The predicted octanol–water partition coefficient (Wildman–Crippen LogP) is 3.76. The molecule has 3 aromatic heterocycles. The molecule has 3 heterocycles. The third-order valence-electron chi connectivity index (χ3n) is 7.11. The zero-order valence-electron chi connectivity index (χ0n) is 16.5. The van der Waals surface area contributed by atoms with Crippen LogP contribution in [0.1, 0.15) is 37.8 Å². The molecule has 0 aromatic carbocycles. The van der Waals surface area contributed by atoms with Gasteiger partial charge >= 0.3 is 0 Å². The van der Waals surface area contributed by atoms with Gasteiger partial charge in [-0.05, 0) is 68.9 Å². The highest BCUT2D eigenvalue weighted by molar-refractivity contribution is 5.91. The number of aromatic amines is 1. The van der Waals surface area contributed by atoms with Crippen molar-refractivity contribution in [1.29, 1.82) is 0 Å². The van der Waals surface area contributed by atoms with E-state index in [1.165, 1.54) is 12.8 Å². The monoisotopic (exact) mass is 390 g/mol. The average molecular weight is 390 g/mol. The molecule has 7 rings (SSSR count). The van der Waals surface area contributed by atoms with E-state index in [9.17, 15) is 5.11 Å². The molecule has 29 heavy (non-hydrogen) atoms. The van der Waals surface area contributed by atoms with Crippen molar-refractivity contribution in [3.63, 3.8) is 0 Å². The molecule has 150 valence electrons. The van der Waals surface area contributed by atoms with E-state index in [1.54, 1.807) is 0 Å². The highest BCUT2D eigenvalue weighted by Gasteiger charge is 2.54. The summed E-state index contributed by atoms with van der Waals surface area (Å²) < 4.78 is 0. The smallest absolute Gasteiger partial charge is 0.153 e. The Bertz CT molecular complexity index is 1060. The number of hydrogen-bond donors (Lipinski definition) is 4. The summed E-state index contributed by atoms with van der Waals surface area (Å²) in [5.41, 5.74) is 1.48. The van der Waals surface area contributed by atoms with Gasteiger partial charge in [-0.25, -0.2) is 4.98 Å². The van der Waals surface area contributed by atoms with E-state index >= 15 is 0 Å². The van der Waals surface area contributed by atoms with E-state index in [-0.39, 0.29) is 0 Å². The zero-order valence-corrected chi connectivity index (χ0v) is 16.5. The first kappa shape index (κ1) is 17.2. The molecule has 0 spiro atoms. The fourth-order valence-corrected chi connectivity index (χ4v) is 6.24. The largest absolute Gasteiger partial charge is 0.390 e. The second kappa shape index (κ2) is 6.16. The maximum Gasteiger partial charge on any atom is 0.153 e. The molecular weight excluding hydrogens is 364 g/mol. The molecule has 0 saturated heterocycles. The molecule has 7 nitrogen and oxygen atoms in total. The van der Waals surface area contributed by atoms with Crippen LogP contribution in [0.15, 0.2) is 30.5 Å². The molecule has 0 radical (unpaired) electrons. The number of aliphatic hydroxyl groups is 1. The Morgan fingerprint density at radius 1 is 1.14 bits per heavy atom. The second-order valence-electron chi connectivity index (χ2n) is 9.35. The fourth-order valence-electron chi connectivity index (χ4n) is 6.24. The fraction of sp³-hybridized carbons (Fsp3) is 0.500. The standard InChI is InChI=1S/C22H26N6O/c1-12-5-19(28-27-12)24-18-8-17-16(3-2-4-23-17)21(25-18)26-20-14-6-13-7-15(20)11-22(29,9-13)10-14/h2-5,8,13-15,20,29H,6-7,9-11H2,1H3,(H3,24,25,26,27,28). The van der Waals surface area contributed by atoms with Crippen molar-refractivity contribution in [2.75, 3.05) is 10.6 Å². The molecular formula is C22H26N6O. The van der Waals surface area contributed by atoms with Gasteiger partial charge in [0.05, 0.1) is 11.1 Å².